The molecule has 7 heteroatoms. The van der Waals surface area contributed by atoms with Crippen LogP contribution >= 0.6 is 0 Å². The summed E-state index contributed by atoms with van der Waals surface area (Å²) in [6, 6.07) is 2.67. The van der Waals surface area contributed by atoms with Crippen molar-refractivity contribution >= 4 is 19.0 Å². The smallest absolute Gasteiger partial charge is 0.458 e. The van der Waals surface area contributed by atoms with Crippen LogP contribution in [0.15, 0.2) is 22.1 Å². The molecule has 0 bridgehead atoms. The van der Waals surface area contributed by atoms with E-state index in [1.165, 1.54) is 26.0 Å². The number of rotatable bonds is 3. The molecule has 0 unspecified atom stereocenters. The third kappa shape index (κ3) is 3.13. The lowest BCUT2D eigenvalue weighted by Crippen LogP contribution is -2.38. The predicted octanol–water partition coefficient (Wildman–Crippen LogP) is 4.82. The molecular formula is C13H17F5OSi. The zero-order chi connectivity index (χ0) is 15.9. The van der Waals surface area contributed by atoms with Gasteiger partial charge >= 0.3 is 12.1 Å². The van der Waals surface area contributed by atoms with Crippen molar-refractivity contribution in [1.29, 1.82) is 0 Å². The Hall–Kier alpha value is -1.11. The van der Waals surface area contributed by atoms with Gasteiger partial charge in [-0.15, -0.1) is 0 Å². The van der Waals surface area contributed by atoms with Crippen LogP contribution in [0.2, 0.25) is 19.6 Å². The Balaban J connectivity index is 3.40. The largest absolute Gasteiger partial charge is 0.466 e. The Morgan fingerprint density at radius 3 is 1.80 bits per heavy atom. The van der Waals surface area contributed by atoms with Crippen molar-refractivity contribution in [1.82, 2.24) is 0 Å². The average Bonchev–Trinajstić information content (AvgIpc) is 2.62. The molecule has 0 spiro atoms. The van der Waals surface area contributed by atoms with Gasteiger partial charge in [-0.05, 0) is 26.0 Å². The van der Waals surface area contributed by atoms with Crippen molar-refractivity contribution in [2.45, 2.75) is 45.6 Å². The Morgan fingerprint density at radius 1 is 1.00 bits per heavy atom. The Bertz CT molecular complexity index is 516. The van der Waals surface area contributed by atoms with Crippen LogP contribution in [0.3, 0.4) is 0 Å². The number of allylic oxidation sites excluding steroid dienone is 2. The van der Waals surface area contributed by atoms with Gasteiger partial charge in [0, 0.05) is 0 Å². The highest BCUT2D eigenvalue weighted by molar-refractivity contribution is 6.87. The maximum absolute atomic E-state index is 13.6. The molecule has 0 aliphatic heterocycles. The highest BCUT2D eigenvalue weighted by atomic mass is 28.3. The monoisotopic (exact) mass is 312 g/mol. The first kappa shape index (κ1) is 16.9. The summed E-state index contributed by atoms with van der Waals surface area (Å²) < 4.78 is 70.1. The van der Waals surface area contributed by atoms with Gasteiger partial charge < -0.3 is 4.42 Å². The van der Waals surface area contributed by atoms with Crippen molar-refractivity contribution in [3.63, 3.8) is 0 Å². The normalized spacial score (nSPS) is 13.5. The minimum absolute atomic E-state index is 0.121. The van der Waals surface area contributed by atoms with Crippen LogP contribution in [0.25, 0.3) is 5.57 Å². The highest BCUT2D eigenvalue weighted by Crippen LogP contribution is 2.46. The fourth-order valence-corrected chi connectivity index (χ4v) is 2.73. The van der Waals surface area contributed by atoms with Gasteiger partial charge in [0.25, 0.3) is 0 Å². The van der Waals surface area contributed by atoms with E-state index in [2.05, 4.69) is 0 Å². The Morgan fingerprint density at radius 2 is 1.50 bits per heavy atom. The lowest BCUT2D eigenvalue weighted by Gasteiger charge is -2.23. The SMILES string of the molecule is CC(C)=C(c1ccc([Si](C)(C)C)o1)C(F)(F)C(F)(F)F. The van der Waals surface area contributed by atoms with Crippen LogP contribution in [-0.2, 0) is 0 Å². The number of hydrogen-bond acceptors (Lipinski definition) is 1. The lowest BCUT2D eigenvalue weighted by atomic mass is 10.0. The van der Waals surface area contributed by atoms with Gasteiger partial charge in [-0.2, -0.15) is 22.0 Å². The quantitative estimate of drug-likeness (QED) is 0.576. The third-order valence-corrected chi connectivity index (χ3v) is 4.51. The molecule has 0 aliphatic carbocycles. The number of hydrogen-bond donors (Lipinski definition) is 0. The first-order valence-electron chi connectivity index (χ1n) is 6.01. The summed E-state index contributed by atoms with van der Waals surface area (Å²) in [5.74, 6) is -5.34. The molecule has 1 aromatic heterocycles. The van der Waals surface area contributed by atoms with Crippen molar-refractivity contribution in [3.05, 3.63) is 23.5 Å². The molecule has 0 N–H and O–H groups in total. The van der Waals surface area contributed by atoms with Crippen LogP contribution in [0.1, 0.15) is 19.6 Å². The number of halogens is 5. The molecule has 0 aliphatic rings. The average molecular weight is 312 g/mol. The number of alkyl halides is 5. The molecule has 114 valence electrons. The molecule has 0 fully saturated rings. The number of furan rings is 1. The molecule has 0 aromatic carbocycles. The zero-order valence-corrected chi connectivity index (χ0v) is 13.0. The van der Waals surface area contributed by atoms with Gasteiger partial charge in [0.2, 0.25) is 0 Å². The summed E-state index contributed by atoms with van der Waals surface area (Å²) in [6.07, 6.45) is -5.65. The van der Waals surface area contributed by atoms with Gasteiger partial charge in [-0.25, -0.2) is 0 Å². The van der Waals surface area contributed by atoms with Crippen LogP contribution in [0.4, 0.5) is 22.0 Å². The Kier molecular flexibility index (Phi) is 4.25. The van der Waals surface area contributed by atoms with Crippen molar-refractivity contribution < 1.29 is 26.4 Å². The second-order valence-electron chi connectivity index (χ2n) is 5.86. The van der Waals surface area contributed by atoms with Crippen molar-refractivity contribution in [2.75, 3.05) is 0 Å². The summed E-state index contributed by atoms with van der Waals surface area (Å²) in [7, 11) is -1.91. The summed E-state index contributed by atoms with van der Waals surface area (Å²) in [5, 5.41) is 0.490. The molecule has 20 heavy (non-hydrogen) atoms. The van der Waals surface area contributed by atoms with E-state index in [1.807, 2.05) is 19.6 Å². The first-order chi connectivity index (χ1) is 8.78. The molecule has 1 rings (SSSR count). The lowest BCUT2D eigenvalue weighted by molar-refractivity contribution is -0.254. The van der Waals surface area contributed by atoms with E-state index in [4.69, 9.17) is 4.42 Å². The highest BCUT2D eigenvalue weighted by Gasteiger charge is 2.61. The fourth-order valence-electron chi connectivity index (χ4n) is 1.73. The maximum atomic E-state index is 13.6. The third-order valence-electron chi connectivity index (χ3n) is 2.76. The molecule has 0 radical (unpaired) electrons. The summed E-state index contributed by atoms with van der Waals surface area (Å²) in [5.41, 5.74) is -1.22. The molecule has 1 heterocycles. The van der Waals surface area contributed by atoms with Gasteiger partial charge in [-0.1, -0.05) is 25.2 Å². The van der Waals surface area contributed by atoms with E-state index in [0.29, 0.717) is 5.38 Å². The first-order valence-corrected chi connectivity index (χ1v) is 9.51. The van der Waals surface area contributed by atoms with E-state index < -0.39 is 31.5 Å². The molecule has 0 saturated carbocycles. The standard InChI is InChI=1S/C13H17F5OSi/c1-8(2)11(12(14,15)13(16,17)18)9-6-7-10(19-9)20(3,4)5/h6-7H,1-5H3. The van der Waals surface area contributed by atoms with Crippen LogP contribution in [0.5, 0.6) is 0 Å². The maximum Gasteiger partial charge on any atom is 0.458 e. The molecular weight excluding hydrogens is 295 g/mol. The minimum Gasteiger partial charge on any atom is -0.466 e. The van der Waals surface area contributed by atoms with Crippen LogP contribution in [0, 0.1) is 0 Å². The van der Waals surface area contributed by atoms with E-state index in [-0.39, 0.29) is 5.57 Å². The molecule has 0 saturated heterocycles. The fraction of sp³-hybridized carbons (Fsp3) is 0.538. The van der Waals surface area contributed by atoms with Gasteiger partial charge in [0.1, 0.15) is 13.8 Å². The second kappa shape index (κ2) is 5.02. The molecule has 0 atom stereocenters. The zero-order valence-electron chi connectivity index (χ0n) is 12.0. The van der Waals surface area contributed by atoms with Crippen molar-refractivity contribution in [2.24, 2.45) is 0 Å². The van der Waals surface area contributed by atoms with E-state index in [1.54, 1.807) is 0 Å². The van der Waals surface area contributed by atoms with Crippen molar-refractivity contribution in [3.8, 4) is 0 Å². The Labute approximate surface area is 115 Å². The summed E-state index contributed by atoms with van der Waals surface area (Å²) >= 11 is 0. The minimum atomic E-state index is -5.65. The van der Waals surface area contributed by atoms with E-state index in [9.17, 15) is 22.0 Å². The van der Waals surface area contributed by atoms with E-state index >= 15 is 0 Å². The molecule has 1 aromatic rings. The van der Waals surface area contributed by atoms with Gasteiger partial charge in [0.15, 0.2) is 0 Å². The van der Waals surface area contributed by atoms with Crippen LogP contribution < -0.4 is 5.38 Å². The predicted molar refractivity (Wildman–Crippen MR) is 71.0 cm³/mol. The topological polar surface area (TPSA) is 13.1 Å². The molecule has 1 nitrogen and oxygen atoms in total. The summed E-state index contributed by atoms with van der Waals surface area (Å²) in [6.45, 7) is 8.18. The van der Waals surface area contributed by atoms with Gasteiger partial charge in [-0.3, -0.25) is 0 Å². The second-order valence-corrected chi connectivity index (χ2v) is 10.9. The van der Waals surface area contributed by atoms with Crippen LogP contribution in [-0.4, -0.2) is 20.2 Å². The summed E-state index contributed by atoms with van der Waals surface area (Å²) in [4.78, 5) is 0. The van der Waals surface area contributed by atoms with E-state index in [0.717, 1.165) is 0 Å². The van der Waals surface area contributed by atoms with Gasteiger partial charge in [0.05, 0.1) is 11.0 Å². The molecule has 0 amide bonds.